The first-order chi connectivity index (χ1) is 13.3. The van der Waals surface area contributed by atoms with Gasteiger partial charge in [-0.25, -0.2) is 4.39 Å². The summed E-state index contributed by atoms with van der Waals surface area (Å²) in [4.78, 5) is 12.6. The van der Waals surface area contributed by atoms with Crippen molar-refractivity contribution < 1.29 is 22.3 Å². The van der Waals surface area contributed by atoms with Crippen LogP contribution < -0.4 is 10.1 Å². The topological polar surface area (TPSA) is 88.1 Å². The number of hydrogen-bond acceptors (Lipinski definition) is 4. The smallest absolute Gasteiger partial charge is 0.344 e. The van der Waals surface area contributed by atoms with Gasteiger partial charge >= 0.3 is 10.2 Å². The molecule has 0 spiro atoms. The zero-order chi connectivity index (χ0) is 20.3. The Bertz CT molecular complexity index is 1070. The van der Waals surface area contributed by atoms with E-state index in [2.05, 4.69) is 9.71 Å². The van der Waals surface area contributed by atoms with Crippen LogP contribution >= 0.6 is 0 Å². The average molecular weight is 403 g/mol. The van der Waals surface area contributed by atoms with E-state index in [4.69, 9.17) is 4.74 Å². The lowest BCUT2D eigenvalue weighted by Gasteiger charge is -2.23. The second-order valence-corrected chi connectivity index (χ2v) is 7.58. The molecule has 9 heteroatoms. The monoisotopic (exact) mass is 403 g/mol. The minimum Gasteiger partial charge on any atom is -0.494 e. The van der Waals surface area contributed by atoms with Gasteiger partial charge < -0.3 is 10.1 Å². The third-order valence-electron chi connectivity index (χ3n) is 4.05. The molecule has 28 heavy (non-hydrogen) atoms. The average Bonchev–Trinajstić information content (AvgIpc) is 2.64. The van der Waals surface area contributed by atoms with Gasteiger partial charge in [0.25, 0.3) is 5.91 Å². The van der Waals surface area contributed by atoms with E-state index in [1.807, 2.05) is 6.07 Å². The predicted octanol–water partition coefficient (Wildman–Crippen LogP) is 2.88. The van der Waals surface area contributed by atoms with Gasteiger partial charge in [0.2, 0.25) is 0 Å². The van der Waals surface area contributed by atoms with Crippen molar-refractivity contribution in [2.75, 3.05) is 12.4 Å². The molecule has 2 aromatic rings. The minimum atomic E-state index is -3.94. The zero-order valence-electron chi connectivity index (χ0n) is 15.2. The maximum absolute atomic E-state index is 13.8. The molecule has 0 aromatic heterocycles. The van der Waals surface area contributed by atoms with Gasteiger partial charge in [-0.2, -0.15) is 8.42 Å². The van der Waals surface area contributed by atoms with E-state index in [9.17, 15) is 17.6 Å². The van der Waals surface area contributed by atoms with Gasteiger partial charge in [0, 0.05) is 18.0 Å². The lowest BCUT2D eigenvalue weighted by Crippen LogP contribution is -2.32. The second kappa shape index (κ2) is 7.81. The Morgan fingerprint density at radius 2 is 1.93 bits per heavy atom. The number of amides is 1. The highest BCUT2D eigenvalue weighted by molar-refractivity contribution is 7.88. The van der Waals surface area contributed by atoms with Crippen molar-refractivity contribution in [1.82, 2.24) is 4.31 Å². The Labute approximate surface area is 162 Å². The summed E-state index contributed by atoms with van der Waals surface area (Å²) in [5, 5.41) is 2.54. The van der Waals surface area contributed by atoms with Gasteiger partial charge in [0.1, 0.15) is 0 Å². The number of carbonyl (C=O) groups is 1. The van der Waals surface area contributed by atoms with Crippen molar-refractivity contribution in [1.29, 1.82) is 0 Å². The molecule has 0 fully saturated rings. The van der Waals surface area contributed by atoms with Crippen molar-refractivity contribution in [3.05, 3.63) is 71.7 Å². The quantitative estimate of drug-likeness (QED) is 0.832. The number of rotatable bonds is 5. The van der Waals surface area contributed by atoms with E-state index < -0.39 is 21.9 Å². The Morgan fingerprint density at radius 1 is 1.21 bits per heavy atom. The lowest BCUT2D eigenvalue weighted by molar-refractivity contribution is -0.112. The molecule has 0 radical (unpaired) electrons. The van der Waals surface area contributed by atoms with E-state index >= 15 is 0 Å². The number of nitrogens with zero attached hydrogens (tertiary/aromatic N) is 2. The summed E-state index contributed by atoms with van der Waals surface area (Å²) < 4.78 is 48.0. The molecule has 2 aromatic carbocycles. The number of methoxy groups -OCH3 is 1. The molecule has 0 aliphatic carbocycles. The van der Waals surface area contributed by atoms with Crippen LogP contribution in [0.1, 0.15) is 12.5 Å². The highest BCUT2D eigenvalue weighted by Gasteiger charge is 2.28. The highest BCUT2D eigenvalue weighted by Crippen LogP contribution is 2.23. The number of anilines is 1. The Kier molecular flexibility index (Phi) is 5.46. The lowest BCUT2D eigenvalue weighted by atomic mass is 10.1. The fraction of sp³-hybridized carbons (Fsp3) is 0.158. The van der Waals surface area contributed by atoms with E-state index in [1.165, 1.54) is 32.4 Å². The molecule has 1 heterocycles. The Balaban J connectivity index is 1.85. The summed E-state index contributed by atoms with van der Waals surface area (Å²) in [6.07, 6.45) is 1.24. The molecule has 0 unspecified atom stereocenters. The Hall–Kier alpha value is -3.20. The summed E-state index contributed by atoms with van der Waals surface area (Å²) >= 11 is 0. The number of hydrogen-bond donors (Lipinski definition) is 1. The fourth-order valence-corrected chi connectivity index (χ4v) is 3.73. The Morgan fingerprint density at radius 3 is 2.57 bits per heavy atom. The largest absolute Gasteiger partial charge is 0.494 e. The molecule has 3 rings (SSSR count). The maximum Gasteiger partial charge on any atom is 0.344 e. The first kappa shape index (κ1) is 19.6. The standard InChI is InChI=1S/C19H18FN3O4S/c1-13-16(19(24)21-15-8-9-18(27-2)17(20)10-15)12-23(28(25,26)22-13)11-14-6-4-3-5-7-14/h3-10,12H,11H2,1-2H3,(H,21,24). The number of halogens is 1. The second-order valence-electron chi connectivity index (χ2n) is 6.03. The van der Waals surface area contributed by atoms with Crippen LogP contribution in [0, 0.1) is 5.82 Å². The third kappa shape index (κ3) is 4.20. The SMILES string of the molecule is COc1ccc(NC(=O)C2=CN(Cc3ccccc3)S(=O)(=O)N=C2C)cc1F. The van der Waals surface area contributed by atoms with Crippen LogP contribution in [-0.2, 0) is 21.5 Å². The first-order valence-corrected chi connectivity index (χ1v) is 9.69. The van der Waals surface area contributed by atoms with E-state index in [1.54, 1.807) is 24.3 Å². The number of ether oxygens (including phenoxy) is 1. The number of benzene rings is 2. The van der Waals surface area contributed by atoms with Crippen LogP contribution in [0.5, 0.6) is 5.75 Å². The highest BCUT2D eigenvalue weighted by atomic mass is 32.2. The molecule has 7 nitrogen and oxygen atoms in total. The van der Waals surface area contributed by atoms with Crippen molar-refractivity contribution in [3.8, 4) is 5.75 Å². The molecule has 1 N–H and O–H groups in total. The van der Waals surface area contributed by atoms with Gasteiger partial charge in [-0.3, -0.25) is 9.10 Å². The van der Waals surface area contributed by atoms with Crippen LogP contribution in [0.25, 0.3) is 0 Å². The van der Waals surface area contributed by atoms with Crippen LogP contribution in [0.15, 0.2) is 64.7 Å². The first-order valence-electron chi connectivity index (χ1n) is 8.29. The maximum atomic E-state index is 13.8. The normalized spacial score (nSPS) is 15.5. The molecular weight excluding hydrogens is 385 g/mol. The number of carbonyl (C=O) groups excluding carboxylic acids is 1. The van der Waals surface area contributed by atoms with Gasteiger partial charge in [-0.1, -0.05) is 30.3 Å². The third-order valence-corrected chi connectivity index (χ3v) is 5.38. The van der Waals surface area contributed by atoms with Gasteiger partial charge in [-0.15, -0.1) is 4.40 Å². The number of nitrogens with one attached hydrogen (secondary N) is 1. The van der Waals surface area contributed by atoms with Gasteiger partial charge in [0.05, 0.1) is 24.9 Å². The molecule has 1 aliphatic heterocycles. The molecule has 0 bridgehead atoms. The molecule has 1 amide bonds. The molecule has 1 aliphatic rings. The summed E-state index contributed by atoms with van der Waals surface area (Å²) in [6.45, 7) is 1.46. The molecular formula is C19H18FN3O4S. The molecule has 0 saturated carbocycles. The fourth-order valence-electron chi connectivity index (χ4n) is 2.63. The van der Waals surface area contributed by atoms with Crippen LogP contribution in [0.4, 0.5) is 10.1 Å². The zero-order valence-corrected chi connectivity index (χ0v) is 16.0. The van der Waals surface area contributed by atoms with E-state index in [-0.39, 0.29) is 29.3 Å². The van der Waals surface area contributed by atoms with Crippen molar-refractivity contribution >= 4 is 27.5 Å². The molecule has 0 saturated heterocycles. The van der Waals surface area contributed by atoms with E-state index in [0.717, 1.165) is 15.9 Å². The van der Waals surface area contributed by atoms with Crippen molar-refractivity contribution in [3.63, 3.8) is 0 Å². The van der Waals surface area contributed by atoms with Crippen molar-refractivity contribution in [2.45, 2.75) is 13.5 Å². The van der Waals surface area contributed by atoms with Crippen molar-refractivity contribution in [2.24, 2.45) is 4.40 Å². The summed E-state index contributed by atoms with van der Waals surface area (Å²) in [5.41, 5.74) is 1.08. The summed E-state index contributed by atoms with van der Waals surface area (Å²) in [7, 11) is -2.60. The van der Waals surface area contributed by atoms with Crippen LogP contribution in [-0.4, -0.2) is 31.5 Å². The summed E-state index contributed by atoms with van der Waals surface area (Å²) in [5.74, 6) is -1.18. The van der Waals surface area contributed by atoms with Gasteiger partial charge in [-0.05, 0) is 24.6 Å². The minimum absolute atomic E-state index is 0.0356. The summed E-state index contributed by atoms with van der Waals surface area (Å²) in [6, 6.07) is 12.9. The molecule has 0 atom stereocenters. The van der Waals surface area contributed by atoms with Crippen LogP contribution in [0.2, 0.25) is 0 Å². The van der Waals surface area contributed by atoms with E-state index in [0.29, 0.717) is 0 Å². The molecule has 146 valence electrons. The predicted molar refractivity (Wildman–Crippen MR) is 104 cm³/mol. The van der Waals surface area contributed by atoms with Crippen LogP contribution in [0.3, 0.4) is 0 Å². The van der Waals surface area contributed by atoms with Gasteiger partial charge in [0.15, 0.2) is 11.6 Å².